The Kier molecular flexibility index (Phi) is 20.7. The van der Waals surface area contributed by atoms with E-state index >= 15 is 0 Å². The van der Waals surface area contributed by atoms with Gasteiger partial charge < -0.3 is 29.5 Å². The van der Waals surface area contributed by atoms with E-state index in [-0.39, 0.29) is 24.1 Å². The second kappa shape index (κ2) is 24.9. The van der Waals surface area contributed by atoms with Gasteiger partial charge in [-0.1, -0.05) is 169 Å². The number of unbranched alkanes of at least 4 members (excludes halogenated alkanes) is 15. The van der Waals surface area contributed by atoms with Crippen molar-refractivity contribution in [3.8, 4) is 0 Å². The molecule has 352 valence electrons. The summed E-state index contributed by atoms with van der Waals surface area (Å²) in [4.78, 5) is 12.6. The third kappa shape index (κ3) is 13.4. The standard InChI is InChI=1S/C54H94O7/c1-8-10-11-12-13-14-15-16-17-18-19-20-21-22-23-24-25-48(55)59-37-47-49(56)50(57)51(58)52(61-47)60-42-32-34-53(6)41(36-42)28-29-43-45-31-30-44(54(45,7)35-33-46(43)53)39(5)26-27-40(9-2)38(3)4/h26-28,38-40,42-47,49-52,56-58H,8-25,29-37H2,1-7H3/b27-26+. The molecule has 3 saturated carbocycles. The van der Waals surface area contributed by atoms with Crippen LogP contribution < -0.4 is 0 Å². The van der Waals surface area contributed by atoms with Crippen molar-refractivity contribution in [3.05, 3.63) is 23.8 Å². The highest BCUT2D eigenvalue weighted by Gasteiger charge is 2.59. The molecule has 61 heavy (non-hydrogen) atoms. The van der Waals surface area contributed by atoms with E-state index in [4.69, 9.17) is 14.2 Å². The summed E-state index contributed by atoms with van der Waals surface area (Å²) in [5.74, 6) is 4.62. The Labute approximate surface area is 374 Å². The van der Waals surface area contributed by atoms with Crippen LogP contribution in [0.1, 0.15) is 215 Å². The zero-order chi connectivity index (χ0) is 44.0. The topological polar surface area (TPSA) is 105 Å². The van der Waals surface area contributed by atoms with Gasteiger partial charge >= 0.3 is 5.97 Å². The summed E-state index contributed by atoms with van der Waals surface area (Å²) in [5, 5.41) is 32.6. The molecule has 1 heterocycles. The van der Waals surface area contributed by atoms with Crippen molar-refractivity contribution in [1.82, 2.24) is 0 Å². The molecule has 4 aliphatic carbocycles. The van der Waals surface area contributed by atoms with Gasteiger partial charge in [-0.05, 0) is 116 Å². The Morgan fingerprint density at radius 2 is 1.39 bits per heavy atom. The van der Waals surface area contributed by atoms with Crippen LogP contribution in [0, 0.1) is 52.3 Å². The van der Waals surface area contributed by atoms with Gasteiger partial charge in [-0.3, -0.25) is 4.79 Å². The lowest BCUT2D eigenvalue weighted by atomic mass is 9.47. The molecule has 3 N–H and O–H groups in total. The van der Waals surface area contributed by atoms with Crippen LogP contribution in [0.5, 0.6) is 0 Å². The zero-order valence-corrected chi connectivity index (χ0v) is 40.3. The highest BCUT2D eigenvalue weighted by Crippen LogP contribution is 2.67. The van der Waals surface area contributed by atoms with Crippen molar-refractivity contribution >= 4 is 5.97 Å². The third-order valence-corrected chi connectivity index (χ3v) is 17.4. The van der Waals surface area contributed by atoms with Gasteiger partial charge in [0.2, 0.25) is 0 Å². The first-order valence-corrected chi connectivity index (χ1v) is 26.2. The predicted octanol–water partition coefficient (Wildman–Crippen LogP) is 12.8. The number of carbonyl (C=O) groups excluding carboxylic acids is 1. The summed E-state index contributed by atoms with van der Waals surface area (Å²) in [5.41, 5.74) is 2.05. The van der Waals surface area contributed by atoms with E-state index in [1.54, 1.807) is 0 Å². The van der Waals surface area contributed by atoms with Gasteiger partial charge in [0.25, 0.3) is 0 Å². The molecule has 14 unspecified atom stereocenters. The van der Waals surface area contributed by atoms with Crippen LogP contribution in [-0.2, 0) is 19.0 Å². The third-order valence-electron chi connectivity index (χ3n) is 17.4. The first-order valence-electron chi connectivity index (χ1n) is 26.2. The molecule has 7 nitrogen and oxygen atoms in total. The van der Waals surface area contributed by atoms with Crippen LogP contribution in [0.25, 0.3) is 0 Å². The summed E-state index contributed by atoms with van der Waals surface area (Å²) in [7, 11) is 0. The van der Waals surface area contributed by atoms with E-state index in [0.29, 0.717) is 35.5 Å². The molecule has 7 heteroatoms. The summed E-state index contributed by atoms with van der Waals surface area (Å²) < 4.78 is 18.1. The van der Waals surface area contributed by atoms with Crippen LogP contribution in [0.15, 0.2) is 23.8 Å². The quantitative estimate of drug-likeness (QED) is 0.0452. The van der Waals surface area contributed by atoms with Gasteiger partial charge in [0.05, 0.1) is 6.10 Å². The molecule has 0 radical (unpaired) electrons. The first-order chi connectivity index (χ1) is 29.3. The highest BCUT2D eigenvalue weighted by atomic mass is 16.7. The molecule has 0 aromatic rings. The number of carbonyl (C=O) groups is 1. The molecule has 14 atom stereocenters. The Morgan fingerprint density at radius 3 is 2.00 bits per heavy atom. The van der Waals surface area contributed by atoms with Crippen molar-refractivity contribution in [3.63, 3.8) is 0 Å². The predicted molar refractivity (Wildman–Crippen MR) is 249 cm³/mol. The molecule has 1 aliphatic heterocycles. The van der Waals surface area contributed by atoms with Crippen molar-refractivity contribution < 1.29 is 34.3 Å². The minimum Gasteiger partial charge on any atom is -0.463 e. The monoisotopic (exact) mass is 855 g/mol. The number of fused-ring (bicyclic) bond motifs is 5. The molecule has 0 bridgehead atoms. The van der Waals surface area contributed by atoms with Gasteiger partial charge in [0.15, 0.2) is 6.29 Å². The van der Waals surface area contributed by atoms with Crippen LogP contribution in [0.2, 0.25) is 0 Å². The van der Waals surface area contributed by atoms with Crippen LogP contribution in [-0.4, -0.2) is 64.7 Å². The van der Waals surface area contributed by atoms with Crippen molar-refractivity contribution in [2.75, 3.05) is 6.61 Å². The number of aliphatic hydroxyl groups is 3. The van der Waals surface area contributed by atoms with Gasteiger partial charge in [-0.15, -0.1) is 0 Å². The molecule has 0 aromatic heterocycles. The van der Waals surface area contributed by atoms with Gasteiger partial charge in [-0.2, -0.15) is 0 Å². The fourth-order valence-corrected chi connectivity index (χ4v) is 13.4. The van der Waals surface area contributed by atoms with E-state index in [1.165, 1.54) is 121 Å². The first kappa shape index (κ1) is 50.7. The minimum absolute atomic E-state index is 0.147. The Balaban J connectivity index is 1.01. The summed E-state index contributed by atoms with van der Waals surface area (Å²) in [6, 6.07) is 0. The van der Waals surface area contributed by atoms with Crippen LogP contribution in [0.4, 0.5) is 0 Å². The second-order valence-electron chi connectivity index (χ2n) is 21.8. The van der Waals surface area contributed by atoms with Gasteiger partial charge in [-0.25, -0.2) is 0 Å². The molecule has 4 fully saturated rings. The van der Waals surface area contributed by atoms with E-state index in [0.717, 1.165) is 62.7 Å². The van der Waals surface area contributed by atoms with Crippen LogP contribution in [0.3, 0.4) is 0 Å². The smallest absolute Gasteiger partial charge is 0.305 e. The Bertz CT molecular complexity index is 1340. The van der Waals surface area contributed by atoms with Crippen molar-refractivity contribution in [2.24, 2.45) is 52.3 Å². The summed E-state index contributed by atoms with van der Waals surface area (Å²) in [6.45, 7) is 16.8. The average Bonchev–Trinajstić information content (AvgIpc) is 3.60. The number of aliphatic hydroxyl groups excluding tert-OH is 3. The maximum absolute atomic E-state index is 12.6. The molecule has 0 aromatic carbocycles. The summed E-state index contributed by atoms with van der Waals surface area (Å²) in [6.07, 6.45) is 32.5. The van der Waals surface area contributed by atoms with E-state index in [2.05, 4.69) is 66.7 Å². The lowest BCUT2D eigenvalue weighted by molar-refractivity contribution is -0.313. The SMILES string of the molecule is CCCCCCCCCCCCCCCCCCC(=O)OCC1OC(OC2CCC3(C)C(=CCC4C3CCC3(C)C(C(C)/C=C/C(CC)C(C)C)CCC43)C2)C(O)C(O)C1O. The number of ether oxygens (including phenoxy) is 3. The Hall–Kier alpha value is -1.25. The lowest BCUT2D eigenvalue weighted by Gasteiger charge is -2.58. The molecule has 1 saturated heterocycles. The van der Waals surface area contributed by atoms with E-state index in [1.807, 2.05) is 0 Å². The van der Waals surface area contributed by atoms with Gasteiger partial charge in [0, 0.05) is 6.42 Å². The van der Waals surface area contributed by atoms with Crippen molar-refractivity contribution in [2.45, 2.75) is 252 Å². The normalized spacial score (nSPS) is 36.0. The lowest BCUT2D eigenvalue weighted by Crippen LogP contribution is -2.60. The average molecular weight is 855 g/mol. The van der Waals surface area contributed by atoms with E-state index in [9.17, 15) is 20.1 Å². The molecule has 0 spiro atoms. The number of hydrogen-bond donors (Lipinski definition) is 3. The molecule has 0 amide bonds. The van der Waals surface area contributed by atoms with Crippen molar-refractivity contribution in [1.29, 1.82) is 0 Å². The zero-order valence-electron chi connectivity index (χ0n) is 40.3. The molecular weight excluding hydrogens is 761 g/mol. The fourth-order valence-electron chi connectivity index (χ4n) is 13.4. The largest absolute Gasteiger partial charge is 0.463 e. The van der Waals surface area contributed by atoms with Crippen LogP contribution >= 0.6 is 0 Å². The minimum atomic E-state index is -1.44. The number of allylic oxidation sites excluding steroid dienone is 3. The number of esters is 1. The fraction of sp³-hybridized carbons (Fsp3) is 0.907. The maximum Gasteiger partial charge on any atom is 0.305 e. The van der Waals surface area contributed by atoms with Gasteiger partial charge in [0.1, 0.15) is 31.0 Å². The summed E-state index contributed by atoms with van der Waals surface area (Å²) >= 11 is 0. The molecule has 5 aliphatic rings. The second-order valence-corrected chi connectivity index (χ2v) is 21.8. The van der Waals surface area contributed by atoms with E-state index < -0.39 is 30.7 Å². The molecular formula is C54H94O7. The number of hydrogen-bond acceptors (Lipinski definition) is 7. The number of rotatable bonds is 26. The molecule has 5 rings (SSSR count). The maximum atomic E-state index is 12.6. The Morgan fingerprint density at radius 1 is 0.770 bits per heavy atom. The highest BCUT2D eigenvalue weighted by molar-refractivity contribution is 5.69.